The average Bonchev–Trinajstić information content (AvgIpc) is 2.54. The molecule has 2 aromatic carbocycles. The maximum Gasteiger partial charge on any atom is 0.573 e. The highest BCUT2D eigenvalue weighted by Gasteiger charge is 2.32. The first kappa shape index (κ1) is 21.2. The third-order valence-electron chi connectivity index (χ3n) is 3.13. The van der Waals surface area contributed by atoms with Crippen molar-refractivity contribution in [2.24, 2.45) is 0 Å². The molecule has 0 amide bonds. The lowest BCUT2D eigenvalue weighted by Crippen LogP contribution is -2.26. The van der Waals surface area contributed by atoms with Crippen LogP contribution in [0, 0.1) is 0 Å². The van der Waals surface area contributed by atoms with Crippen LogP contribution in [0.5, 0.6) is 5.75 Å². The van der Waals surface area contributed by atoms with Crippen molar-refractivity contribution < 1.29 is 39.6 Å². The van der Waals surface area contributed by atoms with Gasteiger partial charge in [-0.2, -0.15) is 0 Å². The third-order valence-corrected chi connectivity index (χ3v) is 5.69. The summed E-state index contributed by atoms with van der Waals surface area (Å²) in [6.07, 6.45) is -4.09. The standard InChI is InChI=1S/C15H14F3NO6S2/c1-26(20,21)13-8-4-5-9-14(13)27(22,23)19-24-10-11-6-2-3-7-12(11)25-15(16,17)18/h2-9,19H,10H2,1H3. The number of halogens is 3. The first-order valence-electron chi connectivity index (χ1n) is 7.16. The zero-order chi connectivity index (χ0) is 20.3. The fraction of sp³-hybridized carbons (Fsp3) is 0.200. The van der Waals surface area contributed by atoms with E-state index in [1.54, 1.807) is 4.89 Å². The molecule has 148 valence electrons. The summed E-state index contributed by atoms with van der Waals surface area (Å²) in [5, 5.41) is 0. The lowest BCUT2D eigenvalue weighted by atomic mass is 10.2. The predicted octanol–water partition coefficient (Wildman–Crippen LogP) is 2.40. The van der Waals surface area contributed by atoms with Gasteiger partial charge in [0.25, 0.3) is 10.0 Å². The van der Waals surface area contributed by atoms with E-state index >= 15 is 0 Å². The van der Waals surface area contributed by atoms with E-state index in [1.807, 2.05) is 0 Å². The highest BCUT2D eigenvalue weighted by molar-refractivity contribution is 7.93. The van der Waals surface area contributed by atoms with Crippen LogP contribution in [0.25, 0.3) is 0 Å². The zero-order valence-electron chi connectivity index (χ0n) is 13.7. The van der Waals surface area contributed by atoms with Crippen LogP contribution >= 0.6 is 0 Å². The Labute approximate surface area is 153 Å². The Balaban J connectivity index is 2.17. The Bertz CT molecular complexity index is 1020. The second-order valence-electron chi connectivity index (χ2n) is 5.25. The third kappa shape index (κ3) is 5.92. The quantitative estimate of drug-likeness (QED) is 0.684. The molecular weight excluding hydrogens is 411 g/mol. The molecular formula is C15H14F3NO6S2. The van der Waals surface area contributed by atoms with Crippen molar-refractivity contribution in [2.45, 2.75) is 22.8 Å². The largest absolute Gasteiger partial charge is 0.573 e. The molecule has 7 nitrogen and oxygen atoms in total. The summed E-state index contributed by atoms with van der Waals surface area (Å²) in [7, 11) is -8.25. The van der Waals surface area contributed by atoms with Crippen molar-refractivity contribution in [1.29, 1.82) is 0 Å². The molecule has 1 N–H and O–H groups in total. The van der Waals surface area contributed by atoms with Gasteiger partial charge in [-0.15, -0.1) is 13.2 Å². The zero-order valence-corrected chi connectivity index (χ0v) is 15.4. The molecule has 0 aromatic heterocycles. The van der Waals surface area contributed by atoms with Crippen LogP contribution in [0.15, 0.2) is 58.3 Å². The molecule has 27 heavy (non-hydrogen) atoms. The van der Waals surface area contributed by atoms with E-state index in [0.717, 1.165) is 24.5 Å². The van der Waals surface area contributed by atoms with Crippen molar-refractivity contribution in [2.75, 3.05) is 6.26 Å². The number of sulfone groups is 1. The summed E-state index contributed by atoms with van der Waals surface area (Å²) in [6, 6.07) is 9.84. The summed E-state index contributed by atoms with van der Waals surface area (Å²) in [5.41, 5.74) is -0.0751. The van der Waals surface area contributed by atoms with Gasteiger partial charge in [0.15, 0.2) is 9.84 Å². The van der Waals surface area contributed by atoms with Crippen molar-refractivity contribution >= 4 is 19.9 Å². The molecule has 0 aliphatic carbocycles. The van der Waals surface area contributed by atoms with E-state index in [2.05, 4.69) is 4.74 Å². The fourth-order valence-corrected chi connectivity index (χ4v) is 4.49. The molecule has 0 aliphatic rings. The topological polar surface area (TPSA) is 98.8 Å². The van der Waals surface area contributed by atoms with Gasteiger partial charge in [-0.1, -0.05) is 35.2 Å². The number of benzene rings is 2. The van der Waals surface area contributed by atoms with Gasteiger partial charge in [-0.3, -0.25) is 4.84 Å². The lowest BCUT2D eigenvalue weighted by Gasteiger charge is -2.14. The molecule has 0 heterocycles. The molecule has 0 aliphatic heterocycles. The van der Waals surface area contributed by atoms with Gasteiger partial charge in [-0.25, -0.2) is 16.8 Å². The first-order chi connectivity index (χ1) is 12.4. The van der Waals surface area contributed by atoms with Crippen molar-refractivity contribution in [3.8, 4) is 5.75 Å². The summed E-state index contributed by atoms with van der Waals surface area (Å²) in [6.45, 7) is -0.591. The molecule has 0 bridgehead atoms. The van der Waals surface area contributed by atoms with Gasteiger partial charge in [0.1, 0.15) is 10.6 Å². The smallest absolute Gasteiger partial charge is 0.405 e. The van der Waals surface area contributed by atoms with Crippen molar-refractivity contribution in [3.63, 3.8) is 0 Å². The highest BCUT2D eigenvalue weighted by atomic mass is 32.2. The summed E-state index contributed by atoms with van der Waals surface area (Å²) < 4.78 is 89.0. The van der Waals surface area contributed by atoms with Crippen molar-refractivity contribution in [3.05, 3.63) is 54.1 Å². The number of para-hydroxylation sites is 1. The van der Waals surface area contributed by atoms with E-state index in [1.165, 1.54) is 30.3 Å². The molecule has 0 atom stereocenters. The number of rotatable bonds is 7. The minimum atomic E-state index is -4.93. The number of alkyl halides is 3. The SMILES string of the molecule is CS(=O)(=O)c1ccccc1S(=O)(=O)NOCc1ccccc1OC(F)(F)F. The Morgan fingerprint density at radius 2 is 1.48 bits per heavy atom. The number of hydrogen-bond acceptors (Lipinski definition) is 6. The molecule has 0 saturated heterocycles. The van der Waals surface area contributed by atoms with E-state index in [4.69, 9.17) is 4.84 Å². The minimum Gasteiger partial charge on any atom is -0.405 e. The molecule has 0 spiro atoms. The second kappa shape index (κ2) is 7.84. The summed E-state index contributed by atoms with van der Waals surface area (Å²) in [5.74, 6) is -0.555. The predicted molar refractivity (Wildman–Crippen MR) is 87.8 cm³/mol. The number of sulfonamides is 1. The van der Waals surface area contributed by atoms with Gasteiger partial charge in [0.05, 0.1) is 11.5 Å². The van der Waals surface area contributed by atoms with Gasteiger partial charge < -0.3 is 4.74 Å². The van der Waals surface area contributed by atoms with E-state index in [9.17, 15) is 30.0 Å². The monoisotopic (exact) mass is 425 g/mol. The Kier molecular flexibility index (Phi) is 6.14. The second-order valence-corrected chi connectivity index (χ2v) is 8.85. The molecule has 2 rings (SSSR count). The average molecular weight is 425 g/mol. The number of nitrogens with one attached hydrogen (secondary N) is 1. The normalized spacial score (nSPS) is 12.7. The van der Waals surface area contributed by atoms with E-state index < -0.39 is 48.4 Å². The molecule has 2 aromatic rings. The summed E-state index contributed by atoms with van der Waals surface area (Å²) >= 11 is 0. The van der Waals surface area contributed by atoms with Crippen LogP contribution in [0.3, 0.4) is 0 Å². The minimum absolute atomic E-state index is 0.0751. The van der Waals surface area contributed by atoms with Crippen LogP contribution in [0.2, 0.25) is 0 Å². The van der Waals surface area contributed by atoms with Gasteiger partial charge in [0.2, 0.25) is 0 Å². The summed E-state index contributed by atoms with van der Waals surface area (Å²) in [4.78, 5) is 5.49. The lowest BCUT2D eigenvalue weighted by molar-refractivity contribution is -0.275. The Morgan fingerprint density at radius 1 is 0.926 bits per heavy atom. The van der Waals surface area contributed by atoms with Crippen LogP contribution in [0.1, 0.15) is 5.56 Å². The van der Waals surface area contributed by atoms with Gasteiger partial charge >= 0.3 is 6.36 Å². The molecule has 0 radical (unpaired) electrons. The van der Waals surface area contributed by atoms with Gasteiger partial charge in [0, 0.05) is 11.8 Å². The maximum atomic E-state index is 12.4. The van der Waals surface area contributed by atoms with Crippen LogP contribution in [0.4, 0.5) is 13.2 Å². The Morgan fingerprint density at radius 3 is 2.07 bits per heavy atom. The Hall–Kier alpha value is -2.15. The van der Waals surface area contributed by atoms with Crippen molar-refractivity contribution in [1.82, 2.24) is 4.89 Å². The molecule has 0 fully saturated rings. The van der Waals surface area contributed by atoms with Crippen LogP contribution in [-0.4, -0.2) is 29.5 Å². The maximum absolute atomic E-state index is 12.4. The van der Waals surface area contributed by atoms with E-state index in [0.29, 0.717) is 0 Å². The van der Waals surface area contributed by atoms with Gasteiger partial charge in [-0.05, 0) is 18.2 Å². The van der Waals surface area contributed by atoms with Crippen LogP contribution in [-0.2, 0) is 31.3 Å². The molecule has 0 unspecified atom stereocenters. The molecule has 0 saturated carbocycles. The first-order valence-corrected chi connectivity index (χ1v) is 10.5. The fourth-order valence-electron chi connectivity index (χ4n) is 2.06. The van der Waals surface area contributed by atoms with Crippen LogP contribution < -0.4 is 9.62 Å². The highest BCUT2D eigenvalue weighted by Crippen LogP contribution is 2.27. The number of ether oxygens (including phenoxy) is 1. The number of hydrogen-bond donors (Lipinski definition) is 1. The molecule has 12 heteroatoms. The van der Waals surface area contributed by atoms with E-state index in [-0.39, 0.29) is 5.56 Å².